The van der Waals surface area contributed by atoms with Gasteiger partial charge in [0.2, 0.25) is 0 Å². The fraction of sp³-hybridized carbons (Fsp3) is 0.308. The zero-order valence-electron chi connectivity index (χ0n) is 11.0. The van der Waals surface area contributed by atoms with Crippen molar-refractivity contribution in [3.8, 4) is 0 Å². The Bertz CT molecular complexity index is 585. The standard InChI is InChI=1S/C13H14F2N4O/c1-8(9-5-3-4-6-16-9)19(2)13(20)11-7-10(12(14)15)17-18-11/h3-8,12H,1-2H3,(H,17,18)/t8-/m0/s1. The minimum Gasteiger partial charge on any atom is -0.332 e. The topological polar surface area (TPSA) is 61.9 Å². The Morgan fingerprint density at radius 3 is 2.70 bits per heavy atom. The lowest BCUT2D eigenvalue weighted by atomic mass is 10.2. The highest BCUT2D eigenvalue weighted by Crippen LogP contribution is 2.20. The molecule has 0 radical (unpaired) electrons. The lowest BCUT2D eigenvalue weighted by Crippen LogP contribution is -2.30. The second-order valence-electron chi connectivity index (χ2n) is 4.36. The summed E-state index contributed by atoms with van der Waals surface area (Å²) in [5.41, 5.74) is 0.311. The van der Waals surface area contributed by atoms with E-state index in [9.17, 15) is 13.6 Å². The number of hydrogen-bond donors (Lipinski definition) is 1. The van der Waals surface area contributed by atoms with E-state index in [1.807, 2.05) is 6.07 Å². The van der Waals surface area contributed by atoms with E-state index in [0.29, 0.717) is 5.69 Å². The molecular weight excluding hydrogens is 266 g/mol. The molecule has 0 aromatic carbocycles. The highest BCUT2D eigenvalue weighted by molar-refractivity contribution is 5.92. The highest BCUT2D eigenvalue weighted by atomic mass is 19.3. The van der Waals surface area contributed by atoms with Gasteiger partial charge in [0.25, 0.3) is 12.3 Å². The molecule has 0 aliphatic rings. The summed E-state index contributed by atoms with van der Waals surface area (Å²) >= 11 is 0. The monoisotopic (exact) mass is 280 g/mol. The number of carbonyl (C=O) groups is 1. The molecule has 20 heavy (non-hydrogen) atoms. The van der Waals surface area contributed by atoms with Gasteiger partial charge < -0.3 is 4.90 Å². The van der Waals surface area contributed by atoms with Crippen molar-refractivity contribution in [2.45, 2.75) is 19.4 Å². The molecule has 2 aromatic rings. The van der Waals surface area contributed by atoms with Gasteiger partial charge in [-0.3, -0.25) is 14.9 Å². The third-order valence-electron chi connectivity index (χ3n) is 3.07. The first kappa shape index (κ1) is 14.1. The summed E-state index contributed by atoms with van der Waals surface area (Å²) in [4.78, 5) is 17.7. The first-order valence-corrected chi connectivity index (χ1v) is 6.02. The van der Waals surface area contributed by atoms with Gasteiger partial charge in [0.05, 0.1) is 11.7 Å². The molecule has 0 saturated heterocycles. The van der Waals surface area contributed by atoms with E-state index in [4.69, 9.17) is 0 Å². The molecule has 0 unspecified atom stereocenters. The summed E-state index contributed by atoms with van der Waals surface area (Å²) in [5.74, 6) is -0.439. The SMILES string of the molecule is C[C@@H](c1ccccn1)N(C)C(=O)c1cc(C(F)F)[nH]n1. The number of halogens is 2. The van der Waals surface area contributed by atoms with Crippen molar-refractivity contribution in [1.82, 2.24) is 20.1 Å². The van der Waals surface area contributed by atoms with E-state index in [2.05, 4.69) is 15.2 Å². The molecular formula is C13H14F2N4O. The predicted octanol–water partition coefficient (Wildman–Crippen LogP) is 2.58. The minimum absolute atomic E-state index is 0.0365. The Kier molecular flexibility index (Phi) is 4.07. The molecule has 1 N–H and O–H groups in total. The Hall–Kier alpha value is -2.31. The van der Waals surface area contributed by atoms with Crippen LogP contribution in [-0.2, 0) is 0 Å². The summed E-state index contributed by atoms with van der Waals surface area (Å²) in [6.45, 7) is 1.81. The van der Waals surface area contributed by atoms with Crippen LogP contribution in [0, 0.1) is 0 Å². The number of pyridine rings is 1. The molecule has 0 aliphatic carbocycles. The Balaban J connectivity index is 2.15. The maximum atomic E-state index is 12.5. The molecule has 0 spiro atoms. The second-order valence-corrected chi connectivity index (χ2v) is 4.36. The fourth-order valence-corrected chi connectivity index (χ4v) is 1.74. The molecule has 2 rings (SSSR count). The van der Waals surface area contributed by atoms with Crippen molar-refractivity contribution < 1.29 is 13.6 Å². The third kappa shape index (κ3) is 2.81. The van der Waals surface area contributed by atoms with Crippen molar-refractivity contribution in [3.05, 3.63) is 47.5 Å². The van der Waals surface area contributed by atoms with Crippen molar-refractivity contribution in [3.63, 3.8) is 0 Å². The molecule has 7 heteroatoms. The van der Waals surface area contributed by atoms with Crippen LogP contribution in [0.15, 0.2) is 30.5 Å². The quantitative estimate of drug-likeness (QED) is 0.936. The molecule has 2 aromatic heterocycles. The first-order chi connectivity index (χ1) is 9.50. The summed E-state index contributed by atoms with van der Waals surface area (Å²) in [5, 5.41) is 5.77. The molecule has 0 bridgehead atoms. The largest absolute Gasteiger partial charge is 0.332 e. The van der Waals surface area contributed by atoms with Gasteiger partial charge in [-0.25, -0.2) is 8.78 Å². The van der Waals surface area contributed by atoms with Gasteiger partial charge in [0.15, 0.2) is 5.69 Å². The molecule has 0 fully saturated rings. The molecule has 1 amide bonds. The van der Waals surface area contributed by atoms with E-state index in [0.717, 1.165) is 6.07 Å². The molecule has 0 saturated carbocycles. The fourth-order valence-electron chi connectivity index (χ4n) is 1.74. The van der Waals surface area contributed by atoms with Gasteiger partial charge in [0, 0.05) is 13.2 Å². The predicted molar refractivity (Wildman–Crippen MR) is 68.3 cm³/mol. The number of amides is 1. The van der Waals surface area contributed by atoms with Crippen LogP contribution in [0.25, 0.3) is 0 Å². The van der Waals surface area contributed by atoms with Crippen LogP contribution in [0.2, 0.25) is 0 Å². The summed E-state index contributed by atoms with van der Waals surface area (Å²) < 4.78 is 24.9. The maximum absolute atomic E-state index is 12.5. The number of hydrogen-bond acceptors (Lipinski definition) is 3. The lowest BCUT2D eigenvalue weighted by Gasteiger charge is -2.23. The van der Waals surface area contributed by atoms with Crippen molar-refractivity contribution >= 4 is 5.91 Å². The number of aromatic nitrogens is 3. The number of carbonyl (C=O) groups excluding carboxylic acids is 1. The Labute approximate surface area is 114 Å². The van der Waals surface area contributed by atoms with Gasteiger partial charge in [-0.15, -0.1) is 0 Å². The van der Waals surface area contributed by atoms with E-state index < -0.39 is 12.3 Å². The van der Waals surface area contributed by atoms with Gasteiger partial charge in [-0.1, -0.05) is 6.07 Å². The highest BCUT2D eigenvalue weighted by Gasteiger charge is 2.23. The average Bonchev–Trinajstić information content (AvgIpc) is 2.96. The number of rotatable bonds is 4. The van der Waals surface area contributed by atoms with Crippen LogP contribution in [0.1, 0.15) is 41.3 Å². The summed E-state index contributed by atoms with van der Waals surface area (Å²) in [7, 11) is 1.58. The zero-order chi connectivity index (χ0) is 14.7. The second kappa shape index (κ2) is 5.77. The van der Waals surface area contributed by atoms with E-state index in [1.54, 1.807) is 32.3 Å². The molecule has 1 atom stereocenters. The van der Waals surface area contributed by atoms with E-state index in [1.165, 1.54) is 4.90 Å². The normalized spacial score (nSPS) is 12.4. The van der Waals surface area contributed by atoms with E-state index in [-0.39, 0.29) is 17.4 Å². The number of nitrogens with zero attached hydrogens (tertiary/aromatic N) is 3. The van der Waals surface area contributed by atoms with Crippen LogP contribution in [0.3, 0.4) is 0 Å². The Morgan fingerprint density at radius 2 is 2.15 bits per heavy atom. The number of H-pyrrole nitrogens is 1. The number of aromatic amines is 1. The smallest absolute Gasteiger partial charge is 0.279 e. The third-order valence-corrected chi connectivity index (χ3v) is 3.07. The van der Waals surface area contributed by atoms with Crippen LogP contribution in [0.4, 0.5) is 8.78 Å². The van der Waals surface area contributed by atoms with Crippen LogP contribution in [-0.4, -0.2) is 33.0 Å². The molecule has 0 aliphatic heterocycles. The number of nitrogens with one attached hydrogen (secondary N) is 1. The first-order valence-electron chi connectivity index (χ1n) is 6.02. The summed E-state index contributed by atoms with van der Waals surface area (Å²) in [6, 6.07) is 6.18. The Morgan fingerprint density at radius 1 is 1.40 bits per heavy atom. The minimum atomic E-state index is -2.68. The maximum Gasteiger partial charge on any atom is 0.279 e. The molecule has 2 heterocycles. The van der Waals surface area contributed by atoms with Crippen LogP contribution >= 0.6 is 0 Å². The van der Waals surface area contributed by atoms with Crippen LogP contribution in [0.5, 0.6) is 0 Å². The van der Waals surface area contributed by atoms with Gasteiger partial charge >= 0.3 is 0 Å². The van der Waals surface area contributed by atoms with Crippen LogP contribution < -0.4 is 0 Å². The van der Waals surface area contributed by atoms with Gasteiger partial charge in [-0.05, 0) is 25.1 Å². The van der Waals surface area contributed by atoms with Gasteiger partial charge in [0.1, 0.15) is 5.69 Å². The van der Waals surface area contributed by atoms with E-state index >= 15 is 0 Å². The molecule has 106 valence electrons. The van der Waals surface area contributed by atoms with Crippen molar-refractivity contribution in [1.29, 1.82) is 0 Å². The zero-order valence-corrected chi connectivity index (χ0v) is 11.0. The number of alkyl halides is 2. The summed E-state index contributed by atoms with van der Waals surface area (Å²) in [6.07, 6.45) is -1.05. The van der Waals surface area contributed by atoms with Crippen molar-refractivity contribution in [2.24, 2.45) is 0 Å². The van der Waals surface area contributed by atoms with Crippen molar-refractivity contribution in [2.75, 3.05) is 7.05 Å². The average molecular weight is 280 g/mol. The lowest BCUT2D eigenvalue weighted by molar-refractivity contribution is 0.0734. The molecule has 5 nitrogen and oxygen atoms in total. The van der Waals surface area contributed by atoms with Gasteiger partial charge in [-0.2, -0.15) is 5.10 Å².